The average Bonchev–Trinajstić information content (AvgIpc) is 3.04. The molecule has 0 unspecified atom stereocenters. The number of H-pyrrole nitrogens is 1. The minimum atomic E-state index is -0.626. The van der Waals surface area contributed by atoms with Crippen molar-refractivity contribution in [3.05, 3.63) is 99.3 Å². The summed E-state index contributed by atoms with van der Waals surface area (Å²) in [7, 11) is 3.07. The van der Waals surface area contributed by atoms with E-state index in [0.717, 1.165) is 11.1 Å². The molecule has 1 aromatic heterocycles. The Morgan fingerprint density at radius 3 is 2.35 bits per heavy atom. The Kier molecular flexibility index (Phi) is 12.0. The van der Waals surface area contributed by atoms with Crippen LogP contribution in [0.5, 0.6) is 11.5 Å². The molecule has 48 heavy (non-hydrogen) atoms. The van der Waals surface area contributed by atoms with Gasteiger partial charge in [0.05, 0.1) is 19.2 Å². The molecule has 4 rings (SSSR count). The van der Waals surface area contributed by atoms with Crippen LogP contribution in [0.3, 0.4) is 0 Å². The molecular weight excluding hydrogens is 614 g/mol. The van der Waals surface area contributed by atoms with Crippen LogP contribution in [-0.2, 0) is 9.47 Å². The van der Waals surface area contributed by atoms with Gasteiger partial charge < -0.3 is 34.6 Å². The van der Waals surface area contributed by atoms with Crippen molar-refractivity contribution in [3.63, 3.8) is 0 Å². The summed E-state index contributed by atoms with van der Waals surface area (Å²) in [6.45, 7) is 8.18. The normalized spacial score (nSPS) is 11.9. The van der Waals surface area contributed by atoms with Gasteiger partial charge in [0.2, 0.25) is 0 Å². The van der Waals surface area contributed by atoms with Crippen LogP contribution in [0, 0.1) is 6.92 Å². The second kappa shape index (κ2) is 16.1. The monoisotopic (exact) mass is 657 g/mol. The van der Waals surface area contributed by atoms with Crippen molar-refractivity contribution >= 4 is 34.4 Å². The van der Waals surface area contributed by atoms with Crippen LogP contribution in [0.4, 0.5) is 10.5 Å². The quantitative estimate of drug-likeness (QED) is 0.104. The Bertz CT molecular complexity index is 1810. The zero-order valence-electron chi connectivity index (χ0n) is 28.2. The first-order chi connectivity index (χ1) is 22.9. The molecule has 4 aromatic rings. The average molecular weight is 658 g/mol. The highest BCUT2D eigenvalue weighted by molar-refractivity contribution is 6.07. The number of Topliss-reactive ketones (excluding diaryl/α,β-unsaturated/α-hetero) is 1. The second-order valence-corrected chi connectivity index (χ2v) is 12.4. The number of hydrogen-bond acceptors (Lipinski definition) is 8. The standard InChI is InChI=1S/C37H43N3O8/c1-23-12-13-26(31(41)20-25(24-10-8-7-9-11-24)14-15-38-36(44)48-37(2,3)4)19-29(23)39-34(42)28-18-27-21-33(47-17-16-45-5)32(46-6)22-30(27)40-35(28)43/h7-13,18-19,21-22,25H,14-17,20H2,1-6H3,(H,38,44)(H,39,42)(H,40,43)/t25-/m0/s1. The largest absolute Gasteiger partial charge is 0.493 e. The fourth-order valence-electron chi connectivity index (χ4n) is 5.13. The number of carbonyl (C=O) groups is 3. The van der Waals surface area contributed by atoms with E-state index in [-0.39, 0.29) is 23.7 Å². The van der Waals surface area contributed by atoms with Crippen LogP contribution >= 0.6 is 0 Å². The molecule has 0 aliphatic heterocycles. The third kappa shape index (κ3) is 9.68. The van der Waals surface area contributed by atoms with Crippen molar-refractivity contribution in [1.82, 2.24) is 10.3 Å². The van der Waals surface area contributed by atoms with Gasteiger partial charge in [0.15, 0.2) is 17.3 Å². The Balaban J connectivity index is 1.52. The van der Waals surface area contributed by atoms with Crippen LogP contribution in [0.15, 0.2) is 71.5 Å². The summed E-state index contributed by atoms with van der Waals surface area (Å²) in [4.78, 5) is 54.9. The first kappa shape index (κ1) is 35.7. The number of benzene rings is 3. The summed E-state index contributed by atoms with van der Waals surface area (Å²) in [5.41, 5.74) is 1.69. The summed E-state index contributed by atoms with van der Waals surface area (Å²) in [5.74, 6) is -0.0607. The van der Waals surface area contributed by atoms with E-state index in [4.69, 9.17) is 18.9 Å². The Hall–Kier alpha value is -5.16. The summed E-state index contributed by atoms with van der Waals surface area (Å²) >= 11 is 0. The number of nitrogens with one attached hydrogen (secondary N) is 3. The van der Waals surface area contributed by atoms with E-state index < -0.39 is 23.2 Å². The lowest BCUT2D eigenvalue weighted by Gasteiger charge is -2.21. The maximum Gasteiger partial charge on any atom is 0.407 e. The van der Waals surface area contributed by atoms with Gasteiger partial charge in [-0.25, -0.2) is 4.79 Å². The first-order valence-corrected chi connectivity index (χ1v) is 15.7. The molecule has 254 valence electrons. The van der Waals surface area contributed by atoms with Crippen molar-refractivity contribution in [3.8, 4) is 11.5 Å². The lowest BCUT2D eigenvalue weighted by Crippen LogP contribution is -2.33. The number of aromatic amines is 1. The van der Waals surface area contributed by atoms with Gasteiger partial charge in [-0.2, -0.15) is 0 Å². The van der Waals surface area contributed by atoms with Crippen molar-refractivity contribution in [2.24, 2.45) is 0 Å². The third-order valence-corrected chi connectivity index (χ3v) is 7.59. The summed E-state index contributed by atoms with van der Waals surface area (Å²) < 4.78 is 21.5. The molecule has 1 atom stereocenters. The summed E-state index contributed by atoms with van der Waals surface area (Å²) in [6, 6.07) is 19.6. The number of pyridine rings is 1. The fourth-order valence-corrected chi connectivity index (χ4v) is 5.13. The van der Waals surface area contributed by atoms with Gasteiger partial charge in [-0.05, 0) is 69.4 Å². The zero-order chi connectivity index (χ0) is 34.8. The summed E-state index contributed by atoms with van der Waals surface area (Å²) in [5, 5.41) is 6.16. The number of aromatic nitrogens is 1. The molecule has 0 radical (unpaired) electrons. The maximum atomic E-state index is 13.6. The number of ketones is 1. The van der Waals surface area contributed by atoms with Gasteiger partial charge in [-0.15, -0.1) is 0 Å². The zero-order valence-corrected chi connectivity index (χ0v) is 28.2. The molecule has 11 nitrogen and oxygen atoms in total. The van der Waals surface area contributed by atoms with Crippen LogP contribution in [0.2, 0.25) is 0 Å². The van der Waals surface area contributed by atoms with Gasteiger partial charge in [0, 0.05) is 42.8 Å². The lowest BCUT2D eigenvalue weighted by atomic mass is 9.88. The van der Waals surface area contributed by atoms with Gasteiger partial charge in [0.25, 0.3) is 11.5 Å². The third-order valence-electron chi connectivity index (χ3n) is 7.59. The number of amides is 2. The number of fused-ring (bicyclic) bond motifs is 1. The Labute approximate surface area is 279 Å². The molecule has 0 aliphatic carbocycles. The van der Waals surface area contributed by atoms with Crippen LogP contribution in [0.25, 0.3) is 10.9 Å². The molecule has 0 saturated carbocycles. The van der Waals surface area contributed by atoms with Crippen LogP contribution in [-0.4, -0.2) is 62.3 Å². The number of methoxy groups -OCH3 is 2. The predicted octanol–water partition coefficient (Wildman–Crippen LogP) is 6.39. The molecule has 1 heterocycles. The van der Waals surface area contributed by atoms with E-state index in [1.54, 1.807) is 65.1 Å². The smallest absolute Gasteiger partial charge is 0.407 e. The van der Waals surface area contributed by atoms with Gasteiger partial charge in [0.1, 0.15) is 17.8 Å². The summed E-state index contributed by atoms with van der Waals surface area (Å²) in [6.07, 6.45) is 0.180. The number of anilines is 1. The molecule has 0 saturated heterocycles. The predicted molar refractivity (Wildman–Crippen MR) is 185 cm³/mol. The molecule has 0 bridgehead atoms. The van der Waals surface area contributed by atoms with Gasteiger partial charge in [-0.1, -0.05) is 42.5 Å². The SMILES string of the molecule is COCCOc1cc2cc(C(=O)Nc3cc(C(=O)C[C@H](CCNC(=O)OC(C)(C)C)c4ccccc4)ccc3C)c(=O)[nH]c2cc1OC. The van der Waals surface area contributed by atoms with E-state index in [1.807, 2.05) is 30.3 Å². The molecule has 0 aliphatic rings. The lowest BCUT2D eigenvalue weighted by molar-refractivity contribution is 0.0526. The highest BCUT2D eigenvalue weighted by Gasteiger charge is 2.21. The van der Waals surface area contributed by atoms with Crippen LogP contribution in [0.1, 0.15) is 71.4 Å². The molecule has 3 N–H and O–H groups in total. The topological polar surface area (TPSA) is 145 Å². The van der Waals surface area contributed by atoms with Crippen molar-refractivity contribution in [1.29, 1.82) is 0 Å². The van der Waals surface area contributed by atoms with Gasteiger partial charge >= 0.3 is 6.09 Å². The molecule has 0 spiro atoms. The maximum absolute atomic E-state index is 13.6. The number of alkyl carbamates (subject to hydrolysis) is 1. The Morgan fingerprint density at radius 2 is 1.67 bits per heavy atom. The van der Waals surface area contributed by atoms with E-state index >= 15 is 0 Å². The minimum absolute atomic E-state index is 0.103. The number of hydrogen-bond donors (Lipinski definition) is 3. The highest BCUT2D eigenvalue weighted by atomic mass is 16.6. The number of aryl methyl sites for hydroxylation is 1. The van der Waals surface area contributed by atoms with Crippen molar-refractivity contribution in [2.75, 3.05) is 39.3 Å². The van der Waals surface area contributed by atoms with Gasteiger partial charge in [-0.3, -0.25) is 14.4 Å². The minimum Gasteiger partial charge on any atom is -0.493 e. The van der Waals surface area contributed by atoms with E-state index in [1.165, 1.54) is 13.2 Å². The molecule has 3 aromatic carbocycles. The number of ether oxygens (including phenoxy) is 4. The molecule has 0 fully saturated rings. The molecule has 2 amide bonds. The van der Waals surface area contributed by atoms with Crippen molar-refractivity contribution < 1.29 is 33.3 Å². The van der Waals surface area contributed by atoms with Crippen molar-refractivity contribution in [2.45, 2.75) is 52.1 Å². The highest BCUT2D eigenvalue weighted by Crippen LogP contribution is 2.32. The fraction of sp³-hybridized carbons (Fsp3) is 0.351. The van der Waals surface area contributed by atoms with E-state index in [9.17, 15) is 19.2 Å². The molecular formula is C37H43N3O8. The number of carbonyl (C=O) groups excluding carboxylic acids is 3. The number of rotatable bonds is 14. The van der Waals surface area contributed by atoms with Crippen LogP contribution < -0.4 is 25.7 Å². The molecule has 11 heteroatoms. The second-order valence-electron chi connectivity index (χ2n) is 12.4. The van der Waals surface area contributed by atoms with E-state index in [0.29, 0.717) is 59.8 Å². The first-order valence-electron chi connectivity index (χ1n) is 15.7. The van der Waals surface area contributed by atoms with E-state index in [2.05, 4.69) is 15.6 Å². The Morgan fingerprint density at radius 1 is 0.917 bits per heavy atom.